The van der Waals surface area contributed by atoms with E-state index in [4.69, 9.17) is 4.74 Å². The van der Waals surface area contributed by atoms with Gasteiger partial charge in [-0.2, -0.15) is 0 Å². The Balaban J connectivity index is 2.38. The molecule has 1 aromatic carbocycles. The fourth-order valence-corrected chi connectivity index (χ4v) is 1.93. The van der Waals surface area contributed by atoms with Gasteiger partial charge in [0.15, 0.2) is 0 Å². The summed E-state index contributed by atoms with van der Waals surface area (Å²) in [6.45, 7) is 5.11. The smallest absolute Gasteiger partial charge is 0.131 e. The summed E-state index contributed by atoms with van der Waals surface area (Å²) in [5, 5.41) is 3.33. The molecule has 1 heterocycles. The quantitative estimate of drug-likeness (QED) is 0.873. The standard InChI is InChI=1S/C16H21N3O/c1-4-9-17-16-11-14(18-15(5-2)19-16)12-7-6-8-13(10-12)20-3/h6-8,10-11H,4-5,9H2,1-3H3,(H,17,18,19). The number of aromatic nitrogens is 2. The predicted molar refractivity (Wildman–Crippen MR) is 82.2 cm³/mol. The van der Waals surface area contributed by atoms with Crippen LogP contribution in [0.5, 0.6) is 5.75 Å². The van der Waals surface area contributed by atoms with Crippen molar-refractivity contribution in [2.45, 2.75) is 26.7 Å². The topological polar surface area (TPSA) is 47.0 Å². The van der Waals surface area contributed by atoms with Crippen LogP contribution in [0.4, 0.5) is 5.82 Å². The molecule has 2 aromatic rings. The van der Waals surface area contributed by atoms with Crippen molar-refractivity contribution in [3.05, 3.63) is 36.2 Å². The average molecular weight is 271 g/mol. The fourth-order valence-electron chi connectivity index (χ4n) is 1.93. The van der Waals surface area contributed by atoms with Crippen LogP contribution in [0.15, 0.2) is 30.3 Å². The van der Waals surface area contributed by atoms with E-state index in [0.29, 0.717) is 0 Å². The maximum absolute atomic E-state index is 5.27. The average Bonchev–Trinajstić information content (AvgIpc) is 2.52. The first-order valence-electron chi connectivity index (χ1n) is 7.03. The van der Waals surface area contributed by atoms with E-state index in [2.05, 4.69) is 29.1 Å². The predicted octanol–water partition coefficient (Wildman–Crippen LogP) is 3.54. The molecule has 0 unspecified atom stereocenters. The van der Waals surface area contributed by atoms with E-state index in [-0.39, 0.29) is 0 Å². The molecule has 1 N–H and O–H groups in total. The highest BCUT2D eigenvalue weighted by Gasteiger charge is 2.06. The first kappa shape index (κ1) is 14.3. The van der Waals surface area contributed by atoms with E-state index in [9.17, 15) is 0 Å². The summed E-state index contributed by atoms with van der Waals surface area (Å²) >= 11 is 0. The molecule has 20 heavy (non-hydrogen) atoms. The zero-order valence-corrected chi connectivity index (χ0v) is 12.3. The lowest BCUT2D eigenvalue weighted by Crippen LogP contribution is -2.05. The zero-order valence-electron chi connectivity index (χ0n) is 12.3. The van der Waals surface area contributed by atoms with Crippen LogP contribution in [0, 0.1) is 0 Å². The van der Waals surface area contributed by atoms with Crippen molar-refractivity contribution in [3.8, 4) is 17.0 Å². The SMILES string of the molecule is CCCNc1cc(-c2cccc(OC)c2)nc(CC)n1. The van der Waals surface area contributed by atoms with Crippen LogP contribution >= 0.6 is 0 Å². The van der Waals surface area contributed by atoms with E-state index in [0.717, 1.165) is 48.0 Å². The molecule has 2 rings (SSSR count). The van der Waals surface area contributed by atoms with E-state index in [1.165, 1.54) is 0 Å². The van der Waals surface area contributed by atoms with Gasteiger partial charge in [-0.05, 0) is 18.6 Å². The van der Waals surface area contributed by atoms with Crippen LogP contribution in [0.1, 0.15) is 26.1 Å². The molecule has 0 amide bonds. The fraction of sp³-hybridized carbons (Fsp3) is 0.375. The van der Waals surface area contributed by atoms with Crippen LogP contribution in [-0.2, 0) is 6.42 Å². The molecule has 1 aromatic heterocycles. The lowest BCUT2D eigenvalue weighted by Gasteiger charge is -2.09. The van der Waals surface area contributed by atoms with Crippen molar-refractivity contribution in [1.82, 2.24) is 9.97 Å². The third-order valence-corrected chi connectivity index (χ3v) is 3.01. The number of hydrogen-bond acceptors (Lipinski definition) is 4. The molecule has 106 valence electrons. The van der Waals surface area contributed by atoms with Crippen LogP contribution < -0.4 is 10.1 Å². The van der Waals surface area contributed by atoms with Crippen LogP contribution in [0.25, 0.3) is 11.3 Å². The summed E-state index contributed by atoms with van der Waals surface area (Å²) in [5.74, 6) is 2.57. The van der Waals surface area contributed by atoms with Crippen molar-refractivity contribution in [3.63, 3.8) is 0 Å². The zero-order chi connectivity index (χ0) is 14.4. The Morgan fingerprint density at radius 3 is 2.70 bits per heavy atom. The number of anilines is 1. The lowest BCUT2D eigenvalue weighted by molar-refractivity contribution is 0.415. The first-order chi connectivity index (χ1) is 9.76. The number of hydrogen-bond donors (Lipinski definition) is 1. The molecule has 0 bridgehead atoms. The van der Waals surface area contributed by atoms with E-state index in [1.807, 2.05) is 30.3 Å². The largest absolute Gasteiger partial charge is 0.497 e. The summed E-state index contributed by atoms with van der Waals surface area (Å²) in [4.78, 5) is 9.10. The number of benzene rings is 1. The highest BCUT2D eigenvalue weighted by molar-refractivity contribution is 5.64. The minimum absolute atomic E-state index is 0.818. The van der Waals surface area contributed by atoms with Gasteiger partial charge in [0.1, 0.15) is 17.4 Å². The molecule has 0 saturated carbocycles. The normalized spacial score (nSPS) is 10.3. The first-order valence-corrected chi connectivity index (χ1v) is 7.03. The van der Waals surface area contributed by atoms with Crippen LogP contribution in [0.3, 0.4) is 0 Å². The van der Waals surface area contributed by atoms with E-state index < -0.39 is 0 Å². The van der Waals surface area contributed by atoms with Crippen molar-refractivity contribution in [2.75, 3.05) is 19.0 Å². The second kappa shape index (κ2) is 6.89. The second-order valence-electron chi connectivity index (χ2n) is 4.57. The Bertz CT molecular complexity index is 569. The molecule has 0 fully saturated rings. The van der Waals surface area contributed by atoms with Crippen molar-refractivity contribution in [1.29, 1.82) is 0 Å². The minimum Gasteiger partial charge on any atom is -0.497 e. The Morgan fingerprint density at radius 2 is 2.00 bits per heavy atom. The minimum atomic E-state index is 0.818. The number of rotatable bonds is 6. The molecule has 0 aliphatic heterocycles. The molecular formula is C16H21N3O. The summed E-state index contributed by atoms with van der Waals surface area (Å²) in [6, 6.07) is 9.92. The molecule has 0 aliphatic carbocycles. The molecule has 4 nitrogen and oxygen atoms in total. The van der Waals surface area contributed by atoms with Crippen LogP contribution in [0.2, 0.25) is 0 Å². The Morgan fingerprint density at radius 1 is 1.15 bits per heavy atom. The maximum Gasteiger partial charge on any atom is 0.131 e. The summed E-state index contributed by atoms with van der Waals surface area (Å²) < 4.78 is 5.27. The monoisotopic (exact) mass is 271 g/mol. The van der Waals surface area contributed by atoms with E-state index >= 15 is 0 Å². The number of ether oxygens (including phenoxy) is 1. The number of nitrogens with zero attached hydrogens (tertiary/aromatic N) is 2. The molecule has 0 radical (unpaired) electrons. The molecular weight excluding hydrogens is 250 g/mol. The maximum atomic E-state index is 5.27. The summed E-state index contributed by atoms with van der Waals surface area (Å²) in [5.41, 5.74) is 1.97. The van der Waals surface area contributed by atoms with Gasteiger partial charge in [-0.25, -0.2) is 9.97 Å². The third kappa shape index (κ3) is 3.47. The van der Waals surface area contributed by atoms with Gasteiger partial charge < -0.3 is 10.1 Å². The van der Waals surface area contributed by atoms with Gasteiger partial charge in [0, 0.05) is 24.6 Å². The highest BCUT2D eigenvalue weighted by Crippen LogP contribution is 2.24. The van der Waals surface area contributed by atoms with Crippen molar-refractivity contribution in [2.24, 2.45) is 0 Å². The van der Waals surface area contributed by atoms with Crippen molar-refractivity contribution >= 4 is 5.82 Å². The molecule has 0 aliphatic rings. The molecule has 0 spiro atoms. The van der Waals surface area contributed by atoms with Crippen molar-refractivity contribution < 1.29 is 4.74 Å². The molecule has 4 heteroatoms. The summed E-state index contributed by atoms with van der Waals surface area (Å²) in [7, 11) is 1.67. The van der Waals surface area contributed by atoms with Gasteiger partial charge in [0.25, 0.3) is 0 Å². The number of methoxy groups -OCH3 is 1. The Labute approximate surface area is 120 Å². The molecule has 0 saturated heterocycles. The highest BCUT2D eigenvalue weighted by atomic mass is 16.5. The Kier molecular flexibility index (Phi) is 4.93. The third-order valence-electron chi connectivity index (χ3n) is 3.01. The van der Waals surface area contributed by atoms with Gasteiger partial charge in [-0.1, -0.05) is 26.0 Å². The van der Waals surface area contributed by atoms with E-state index in [1.54, 1.807) is 7.11 Å². The van der Waals surface area contributed by atoms with Gasteiger partial charge >= 0.3 is 0 Å². The van der Waals surface area contributed by atoms with Gasteiger partial charge in [0.2, 0.25) is 0 Å². The Hall–Kier alpha value is -2.10. The van der Waals surface area contributed by atoms with Gasteiger partial charge in [0.05, 0.1) is 12.8 Å². The molecule has 0 atom stereocenters. The van der Waals surface area contributed by atoms with Crippen LogP contribution in [-0.4, -0.2) is 23.6 Å². The van der Waals surface area contributed by atoms with Gasteiger partial charge in [-0.15, -0.1) is 0 Å². The second-order valence-corrected chi connectivity index (χ2v) is 4.57. The number of nitrogens with one attached hydrogen (secondary N) is 1. The number of aryl methyl sites for hydroxylation is 1. The van der Waals surface area contributed by atoms with Gasteiger partial charge in [-0.3, -0.25) is 0 Å². The summed E-state index contributed by atoms with van der Waals surface area (Å²) in [6.07, 6.45) is 1.89. The lowest BCUT2D eigenvalue weighted by atomic mass is 10.1.